The van der Waals surface area contributed by atoms with Gasteiger partial charge in [-0.2, -0.15) is 0 Å². The van der Waals surface area contributed by atoms with E-state index < -0.39 is 24.3 Å². The van der Waals surface area contributed by atoms with Gasteiger partial charge < -0.3 is 28.5 Å². The molecule has 0 aliphatic rings. The van der Waals surface area contributed by atoms with Crippen molar-refractivity contribution in [2.24, 2.45) is 0 Å². The van der Waals surface area contributed by atoms with Gasteiger partial charge in [0.25, 0.3) is 6.29 Å². The summed E-state index contributed by atoms with van der Waals surface area (Å²) in [5.74, 6) is -2.03. The Morgan fingerprint density at radius 2 is 0.671 bits per heavy atom. The lowest BCUT2D eigenvalue weighted by Gasteiger charge is -2.25. The Morgan fingerprint density at radius 3 is 1.01 bits per heavy atom. The van der Waals surface area contributed by atoms with E-state index in [4.69, 9.17) is 18.9 Å². The number of hydrogen-bond acceptors (Lipinski definition) is 7. The summed E-state index contributed by atoms with van der Waals surface area (Å²) in [6.07, 6.45) is 88.1. The second-order valence-corrected chi connectivity index (χ2v) is 24.8. The number of quaternary nitrogens is 1. The Morgan fingerprint density at radius 1 is 0.365 bits per heavy atom. The minimum Gasteiger partial charge on any atom is -0.477 e. The van der Waals surface area contributed by atoms with Crippen LogP contribution < -0.4 is 0 Å². The van der Waals surface area contributed by atoms with E-state index in [-0.39, 0.29) is 32.2 Å². The van der Waals surface area contributed by atoms with Crippen LogP contribution in [-0.4, -0.2) is 87.4 Å². The fourth-order valence-electron chi connectivity index (χ4n) is 9.93. The van der Waals surface area contributed by atoms with E-state index in [1.807, 2.05) is 21.1 Å². The van der Waals surface area contributed by atoms with E-state index in [9.17, 15) is 19.5 Å². The molecule has 9 nitrogen and oxygen atoms in total. The summed E-state index contributed by atoms with van der Waals surface area (Å²) in [5, 5.41) is 9.74. The summed E-state index contributed by atoms with van der Waals surface area (Å²) in [5.41, 5.74) is 0. The predicted octanol–water partition coefficient (Wildman–Crippen LogP) is 22.0. The second kappa shape index (κ2) is 66.2. The van der Waals surface area contributed by atoms with E-state index in [1.54, 1.807) is 0 Å². The molecule has 0 aliphatic carbocycles. The Kier molecular flexibility index (Phi) is 63.2. The zero-order chi connectivity index (χ0) is 61.9. The summed E-state index contributed by atoms with van der Waals surface area (Å²) in [6, 6.07) is 0. The Balaban J connectivity index is 4.13. The fraction of sp³-hybridized carbons (Fsp3) is 0.750. The maximum Gasteiger partial charge on any atom is 0.361 e. The first kappa shape index (κ1) is 81.2. The van der Waals surface area contributed by atoms with Crippen LogP contribution in [0.15, 0.2) is 97.2 Å². The molecule has 0 fully saturated rings. The molecule has 1 N–H and O–H groups in total. The molecule has 490 valence electrons. The standard InChI is InChI=1S/C76H133NO8/c1-6-8-10-12-14-16-18-20-22-24-26-28-30-32-34-35-36-37-38-39-41-42-44-46-48-50-52-54-56-58-60-62-64-66-73(78)83-70-72(71-84-76(75(80)81)82-69-68-77(3,4)5)85-74(79)67-65-63-61-59-57-55-53-51-49-47-45-43-40-33-31-29-27-25-23-21-19-17-15-13-11-9-7-2/h9,11,15,17,21,23-24,26-27,29,33,40,45,47,51,53,72,76H,6-8,10,12-14,16,18-20,22,25,28,30-32,34-39,41-44,46,48-50,52,54-71H2,1-5H3/p+1/b11-9-,17-15-,23-21-,26-24-,29-27-,40-33-,47-45-,53-51-. The van der Waals surface area contributed by atoms with Crippen LogP contribution >= 0.6 is 0 Å². The first-order valence-corrected chi connectivity index (χ1v) is 35.4. The number of esters is 2. The van der Waals surface area contributed by atoms with Gasteiger partial charge in [-0.25, -0.2) is 4.79 Å². The number of allylic oxidation sites excluding steroid dienone is 16. The average molecular weight is 1190 g/mol. The van der Waals surface area contributed by atoms with Crippen LogP contribution in [0, 0.1) is 0 Å². The highest BCUT2D eigenvalue weighted by Crippen LogP contribution is 2.18. The van der Waals surface area contributed by atoms with Gasteiger partial charge in [-0.05, 0) is 96.3 Å². The number of nitrogens with zero attached hydrogens (tertiary/aromatic N) is 1. The molecule has 9 heteroatoms. The van der Waals surface area contributed by atoms with Crippen molar-refractivity contribution in [3.8, 4) is 0 Å². The molecule has 0 aromatic heterocycles. The zero-order valence-corrected chi connectivity index (χ0v) is 56.0. The zero-order valence-electron chi connectivity index (χ0n) is 56.0. The highest BCUT2D eigenvalue weighted by Gasteiger charge is 2.25. The van der Waals surface area contributed by atoms with Crippen molar-refractivity contribution in [1.82, 2.24) is 0 Å². The Bertz CT molecular complexity index is 1720. The highest BCUT2D eigenvalue weighted by atomic mass is 16.7. The number of rotatable bonds is 65. The second-order valence-electron chi connectivity index (χ2n) is 24.8. The molecule has 2 unspecified atom stereocenters. The molecule has 0 amide bonds. The van der Waals surface area contributed by atoms with Crippen LogP contribution in [0.1, 0.15) is 309 Å². The summed E-state index contributed by atoms with van der Waals surface area (Å²) in [7, 11) is 5.97. The third kappa shape index (κ3) is 67.6. The summed E-state index contributed by atoms with van der Waals surface area (Å²) < 4.78 is 23.0. The van der Waals surface area contributed by atoms with Gasteiger partial charge in [-0.1, -0.05) is 297 Å². The third-order valence-corrected chi connectivity index (χ3v) is 15.3. The molecule has 0 aromatic rings. The lowest BCUT2D eigenvalue weighted by Crippen LogP contribution is -2.40. The molecular weight excluding hydrogens is 1050 g/mol. The first-order chi connectivity index (χ1) is 41.6. The molecule has 0 aliphatic heterocycles. The number of aliphatic carboxylic acids is 1. The topological polar surface area (TPSA) is 108 Å². The van der Waals surface area contributed by atoms with Gasteiger partial charge in [0.05, 0.1) is 34.4 Å². The van der Waals surface area contributed by atoms with Crippen LogP contribution in [0.25, 0.3) is 0 Å². The van der Waals surface area contributed by atoms with Gasteiger partial charge in [0.1, 0.15) is 13.2 Å². The Labute approximate surface area is 524 Å². The minimum atomic E-state index is -1.52. The molecule has 0 bridgehead atoms. The van der Waals surface area contributed by atoms with E-state index in [1.165, 1.54) is 180 Å². The van der Waals surface area contributed by atoms with Crippen LogP contribution in [0.5, 0.6) is 0 Å². The number of carboxylic acids is 1. The molecule has 0 radical (unpaired) electrons. The lowest BCUT2D eigenvalue weighted by atomic mass is 10.0. The van der Waals surface area contributed by atoms with E-state index >= 15 is 0 Å². The van der Waals surface area contributed by atoms with Crippen molar-refractivity contribution in [2.45, 2.75) is 322 Å². The molecule has 2 atom stereocenters. The first-order valence-electron chi connectivity index (χ1n) is 35.4. The van der Waals surface area contributed by atoms with Crippen molar-refractivity contribution in [3.63, 3.8) is 0 Å². The number of carbonyl (C=O) groups is 3. The largest absolute Gasteiger partial charge is 0.477 e. The van der Waals surface area contributed by atoms with Gasteiger partial charge in [0.15, 0.2) is 6.10 Å². The van der Waals surface area contributed by atoms with Crippen LogP contribution in [0.3, 0.4) is 0 Å². The van der Waals surface area contributed by atoms with Crippen LogP contribution in [0.2, 0.25) is 0 Å². The third-order valence-electron chi connectivity index (χ3n) is 15.3. The van der Waals surface area contributed by atoms with Gasteiger partial charge >= 0.3 is 17.9 Å². The lowest BCUT2D eigenvalue weighted by molar-refractivity contribution is -0.870. The number of unbranched alkanes of at least 4 members (excludes halogenated alkanes) is 34. The van der Waals surface area contributed by atoms with Crippen LogP contribution in [0.4, 0.5) is 0 Å². The fourth-order valence-corrected chi connectivity index (χ4v) is 9.93. The van der Waals surface area contributed by atoms with Gasteiger partial charge in [-0.15, -0.1) is 0 Å². The molecule has 0 saturated heterocycles. The number of likely N-dealkylation sites (N-methyl/N-ethyl adjacent to an activating group) is 1. The van der Waals surface area contributed by atoms with Gasteiger partial charge in [-0.3, -0.25) is 9.59 Å². The quantitative estimate of drug-likeness (QED) is 0.0211. The van der Waals surface area contributed by atoms with E-state index in [0.29, 0.717) is 23.9 Å². The number of carboxylic acid groups (broad SMARTS) is 1. The molecule has 0 heterocycles. The summed E-state index contributed by atoms with van der Waals surface area (Å²) >= 11 is 0. The summed E-state index contributed by atoms with van der Waals surface area (Å²) in [6.45, 7) is 4.77. The number of carbonyl (C=O) groups excluding carboxylic acids is 2. The highest BCUT2D eigenvalue weighted by molar-refractivity contribution is 5.71. The number of hydrogen-bond donors (Lipinski definition) is 1. The summed E-state index contributed by atoms with van der Waals surface area (Å²) in [4.78, 5) is 37.6. The van der Waals surface area contributed by atoms with Crippen LogP contribution in [-0.2, 0) is 33.3 Å². The monoisotopic (exact) mass is 1190 g/mol. The van der Waals surface area contributed by atoms with Crippen molar-refractivity contribution in [2.75, 3.05) is 47.5 Å². The normalized spacial score (nSPS) is 13.3. The van der Waals surface area contributed by atoms with Gasteiger partial charge in [0, 0.05) is 12.8 Å². The Hall–Kier alpha value is -3.79. The maximum absolute atomic E-state index is 12.9. The van der Waals surface area contributed by atoms with E-state index in [0.717, 1.165) is 96.3 Å². The minimum absolute atomic E-state index is 0.180. The molecular formula is C76H134NO8+. The van der Waals surface area contributed by atoms with Crippen molar-refractivity contribution < 1.29 is 42.9 Å². The predicted molar refractivity (Wildman–Crippen MR) is 364 cm³/mol. The molecule has 0 saturated carbocycles. The number of ether oxygens (including phenoxy) is 4. The molecule has 85 heavy (non-hydrogen) atoms. The van der Waals surface area contributed by atoms with Crippen molar-refractivity contribution >= 4 is 17.9 Å². The van der Waals surface area contributed by atoms with Crippen molar-refractivity contribution in [3.05, 3.63) is 97.2 Å². The van der Waals surface area contributed by atoms with E-state index in [2.05, 4.69) is 111 Å². The molecule has 0 rings (SSSR count). The smallest absolute Gasteiger partial charge is 0.361 e. The SMILES string of the molecule is CC/C=C\C/C=C\C/C=C\C/C=C\C/C=C\C/C=C\C/C=C\CCCCCCCC(=O)OC(COC(=O)CCCCCCCCCCCCCCCCCCCCCCC/C=C\CCCCCCCCCC)COC(OCC[N+](C)(C)C)C(=O)O. The van der Waals surface area contributed by atoms with Crippen molar-refractivity contribution in [1.29, 1.82) is 0 Å². The molecule has 0 aromatic carbocycles. The van der Waals surface area contributed by atoms with Gasteiger partial charge in [0.2, 0.25) is 0 Å². The average Bonchev–Trinajstić information content (AvgIpc) is 3.48. The molecule has 0 spiro atoms. The maximum atomic E-state index is 12.9.